The number of benzene rings is 2. The van der Waals surface area contributed by atoms with E-state index in [1.165, 1.54) is 48.4 Å². The Labute approximate surface area is 183 Å². The maximum absolute atomic E-state index is 13.1. The van der Waals surface area contributed by atoms with Gasteiger partial charge in [0.1, 0.15) is 5.82 Å². The molecular formula is C25H30FN3O2. The second-order valence-corrected chi connectivity index (χ2v) is 8.59. The highest BCUT2D eigenvalue weighted by atomic mass is 19.1. The minimum Gasteiger partial charge on any atom is -0.371 e. The van der Waals surface area contributed by atoms with Crippen LogP contribution in [0.4, 0.5) is 10.1 Å². The maximum atomic E-state index is 13.1. The fraction of sp³-hybridized carbons (Fsp3) is 0.440. The molecule has 0 aromatic heterocycles. The molecule has 2 fully saturated rings. The van der Waals surface area contributed by atoms with Crippen LogP contribution in [0.25, 0.3) is 0 Å². The summed E-state index contributed by atoms with van der Waals surface area (Å²) in [6.45, 7) is 3.85. The van der Waals surface area contributed by atoms with E-state index in [1.54, 1.807) is 4.90 Å². The van der Waals surface area contributed by atoms with E-state index in [2.05, 4.69) is 23.1 Å². The van der Waals surface area contributed by atoms with Crippen molar-refractivity contribution < 1.29 is 14.0 Å². The number of likely N-dealkylation sites (tertiary alicyclic amines) is 1. The van der Waals surface area contributed by atoms with Gasteiger partial charge in [0, 0.05) is 56.9 Å². The molecule has 0 radical (unpaired) electrons. The van der Waals surface area contributed by atoms with Crippen LogP contribution < -0.4 is 4.90 Å². The number of halogens is 1. The maximum Gasteiger partial charge on any atom is 0.253 e. The first-order chi connectivity index (χ1) is 15.0. The van der Waals surface area contributed by atoms with Gasteiger partial charge >= 0.3 is 0 Å². The summed E-state index contributed by atoms with van der Waals surface area (Å²) in [5.74, 6) is -0.375. The van der Waals surface area contributed by atoms with Gasteiger partial charge in [0.15, 0.2) is 0 Å². The van der Waals surface area contributed by atoms with Crippen molar-refractivity contribution in [3.05, 3.63) is 65.5 Å². The van der Waals surface area contributed by atoms with Crippen LogP contribution in [-0.4, -0.2) is 54.8 Å². The predicted molar refractivity (Wildman–Crippen MR) is 119 cm³/mol. The van der Waals surface area contributed by atoms with E-state index >= 15 is 0 Å². The number of hydrogen-bond acceptors (Lipinski definition) is 3. The second-order valence-electron chi connectivity index (χ2n) is 8.59. The van der Waals surface area contributed by atoms with E-state index in [0.717, 1.165) is 13.1 Å². The van der Waals surface area contributed by atoms with Gasteiger partial charge < -0.3 is 14.7 Å². The Morgan fingerprint density at radius 1 is 0.968 bits per heavy atom. The zero-order chi connectivity index (χ0) is 21.8. The Kier molecular flexibility index (Phi) is 6.54. The number of hydrogen-bond donors (Lipinski definition) is 0. The minimum atomic E-state index is -0.352. The van der Waals surface area contributed by atoms with Gasteiger partial charge in [-0.2, -0.15) is 0 Å². The third kappa shape index (κ3) is 4.89. The van der Waals surface area contributed by atoms with Gasteiger partial charge in [-0.25, -0.2) is 4.39 Å². The topological polar surface area (TPSA) is 43.9 Å². The largest absolute Gasteiger partial charge is 0.371 e. The Morgan fingerprint density at radius 2 is 1.61 bits per heavy atom. The van der Waals surface area contributed by atoms with E-state index in [0.29, 0.717) is 38.0 Å². The van der Waals surface area contributed by atoms with Crippen molar-refractivity contribution in [3.63, 3.8) is 0 Å². The van der Waals surface area contributed by atoms with E-state index in [9.17, 15) is 14.0 Å². The smallest absolute Gasteiger partial charge is 0.253 e. The van der Waals surface area contributed by atoms with E-state index in [-0.39, 0.29) is 23.5 Å². The average molecular weight is 424 g/mol. The lowest BCUT2D eigenvalue weighted by molar-refractivity contribution is -0.136. The first-order valence-corrected chi connectivity index (χ1v) is 11.2. The van der Waals surface area contributed by atoms with Crippen LogP contribution in [0.1, 0.15) is 41.6 Å². The lowest BCUT2D eigenvalue weighted by Crippen LogP contribution is -2.43. The number of nitrogens with zero attached hydrogens (tertiary/aromatic N) is 3. The van der Waals surface area contributed by atoms with Crippen molar-refractivity contribution in [1.82, 2.24) is 9.80 Å². The Hall–Kier alpha value is -2.89. The molecule has 0 aliphatic carbocycles. The Bertz CT molecular complexity index is 917. The van der Waals surface area contributed by atoms with Crippen LogP contribution in [0.2, 0.25) is 0 Å². The normalized spacial score (nSPS) is 17.1. The molecule has 0 spiro atoms. The molecule has 2 heterocycles. The van der Waals surface area contributed by atoms with Crippen LogP contribution in [0, 0.1) is 11.7 Å². The molecule has 0 saturated carbocycles. The molecule has 2 amide bonds. The molecule has 6 heteroatoms. The quantitative estimate of drug-likeness (QED) is 0.732. The van der Waals surface area contributed by atoms with Gasteiger partial charge in [-0.15, -0.1) is 0 Å². The molecule has 5 nitrogen and oxygen atoms in total. The van der Waals surface area contributed by atoms with Crippen LogP contribution in [0.5, 0.6) is 0 Å². The van der Waals surface area contributed by atoms with Crippen LogP contribution in [-0.2, 0) is 11.3 Å². The monoisotopic (exact) mass is 423 g/mol. The molecule has 2 aliphatic rings. The van der Waals surface area contributed by atoms with E-state index < -0.39 is 0 Å². The molecule has 0 bridgehead atoms. The van der Waals surface area contributed by atoms with Gasteiger partial charge in [-0.05, 0) is 61.6 Å². The average Bonchev–Trinajstić information content (AvgIpc) is 3.34. The van der Waals surface area contributed by atoms with Gasteiger partial charge in [0.25, 0.3) is 5.91 Å². The molecule has 0 unspecified atom stereocenters. The fourth-order valence-electron chi connectivity index (χ4n) is 4.66. The number of carbonyl (C=O) groups is 2. The minimum absolute atomic E-state index is 0.0683. The number of anilines is 1. The molecule has 2 aromatic rings. The zero-order valence-corrected chi connectivity index (χ0v) is 18.1. The number of piperidine rings is 1. The number of carbonyl (C=O) groups excluding carboxylic acids is 2. The van der Waals surface area contributed by atoms with Gasteiger partial charge in [-0.1, -0.05) is 18.2 Å². The second kappa shape index (κ2) is 9.50. The predicted octanol–water partition coefficient (Wildman–Crippen LogP) is 3.94. The molecular weight excluding hydrogens is 393 g/mol. The number of amides is 2. The molecule has 31 heavy (non-hydrogen) atoms. The first-order valence-electron chi connectivity index (χ1n) is 11.2. The highest BCUT2D eigenvalue weighted by molar-refractivity contribution is 5.94. The fourth-order valence-corrected chi connectivity index (χ4v) is 4.66. The van der Waals surface area contributed by atoms with Crippen molar-refractivity contribution >= 4 is 17.5 Å². The van der Waals surface area contributed by atoms with E-state index in [4.69, 9.17) is 0 Å². The van der Waals surface area contributed by atoms with Crippen molar-refractivity contribution in [3.8, 4) is 0 Å². The summed E-state index contributed by atoms with van der Waals surface area (Å²) in [6, 6.07) is 14.0. The summed E-state index contributed by atoms with van der Waals surface area (Å²) in [7, 11) is 1.87. The zero-order valence-electron chi connectivity index (χ0n) is 18.1. The van der Waals surface area contributed by atoms with Gasteiger partial charge in [-0.3, -0.25) is 9.59 Å². The summed E-state index contributed by atoms with van der Waals surface area (Å²) in [4.78, 5) is 31.7. The van der Waals surface area contributed by atoms with Crippen molar-refractivity contribution in [2.75, 3.05) is 38.1 Å². The third-order valence-electron chi connectivity index (χ3n) is 6.44. The number of para-hydroxylation sites is 1. The first kappa shape index (κ1) is 21.3. The lowest BCUT2D eigenvalue weighted by Gasteiger charge is -2.33. The highest BCUT2D eigenvalue weighted by Gasteiger charge is 2.30. The molecule has 0 N–H and O–H groups in total. The summed E-state index contributed by atoms with van der Waals surface area (Å²) in [5.41, 5.74) is 2.91. The SMILES string of the molecule is CN(Cc1ccccc1N1CCCC1)C(=O)C1CCN(C(=O)c2ccc(F)cc2)CC1. The summed E-state index contributed by atoms with van der Waals surface area (Å²) in [5, 5.41) is 0. The van der Waals surface area contributed by atoms with Crippen LogP contribution in [0.15, 0.2) is 48.5 Å². The number of rotatable bonds is 5. The summed E-state index contributed by atoms with van der Waals surface area (Å²) >= 11 is 0. The van der Waals surface area contributed by atoms with Gasteiger partial charge in [0.05, 0.1) is 0 Å². The third-order valence-corrected chi connectivity index (χ3v) is 6.44. The summed E-state index contributed by atoms with van der Waals surface area (Å²) < 4.78 is 13.1. The Morgan fingerprint density at radius 3 is 2.29 bits per heavy atom. The standard InChI is InChI=1S/C25H30FN3O2/c1-27(18-21-6-2-3-7-23(21)28-14-4-5-15-28)24(30)20-12-16-29(17-13-20)25(31)19-8-10-22(26)11-9-19/h2-3,6-11,20H,4-5,12-18H2,1H3. The van der Waals surface area contributed by atoms with Crippen molar-refractivity contribution in [2.45, 2.75) is 32.2 Å². The molecule has 2 saturated heterocycles. The molecule has 4 rings (SSSR count). The van der Waals surface area contributed by atoms with Crippen LogP contribution in [0.3, 0.4) is 0 Å². The van der Waals surface area contributed by atoms with Crippen molar-refractivity contribution in [2.24, 2.45) is 5.92 Å². The molecule has 2 aliphatic heterocycles. The van der Waals surface area contributed by atoms with Gasteiger partial charge in [0.2, 0.25) is 5.91 Å². The highest BCUT2D eigenvalue weighted by Crippen LogP contribution is 2.27. The molecule has 164 valence electrons. The lowest BCUT2D eigenvalue weighted by atomic mass is 9.94. The molecule has 0 atom stereocenters. The van der Waals surface area contributed by atoms with Crippen molar-refractivity contribution in [1.29, 1.82) is 0 Å². The Balaban J connectivity index is 1.33. The summed E-state index contributed by atoms with van der Waals surface area (Å²) in [6.07, 6.45) is 3.75. The van der Waals surface area contributed by atoms with Crippen LogP contribution >= 0.6 is 0 Å². The van der Waals surface area contributed by atoms with E-state index in [1.807, 2.05) is 18.0 Å². The molecule has 2 aromatic carbocycles.